The Balaban J connectivity index is 2.26. The van der Waals surface area contributed by atoms with Crippen LogP contribution in [0.25, 0.3) is 0 Å². The van der Waals surface area contributed by atoms with Gasteiger partial charge in [0.1, 0.15) is 0 Å². The van der Waals surface area contributed by atoms with Gasteiger partial charge in [0.25, 0.3) is 0 Å². The minimum absolute atomic E-state index is 0.892. The first-order chi connectivity index (χ1) is 6.43. The molecule has 13 heavy (non-hydrogen) atoms. The second-order valence-electron chi connectivity index (χ2n) is 4.34. The Bertz CT molecular complexity index is 125. The molecule has 1 fully saturated rings. The van der Waals surface area contributed by atoms with Crippen molar-refractivity contribution in [1.82, 2.24) is 0 Å². The topological polar surface area (TPSA) is 0 Å². The van der Waals surface area contributed by atoms with E-state index in [9.17, 15) is 0 Å². The second kappa shape index (κ2) is 7.17. The van der Waals surface area contributed by atoms with Gasteiger partial charge in [-0.15, -0.1) is 0 Å². The van der Waals surface area contributed by atoms with E-state index in [1.165, 1.54) is 57.8 Å². The van der Waals surface area contributed by atoms with Gasteiger partial charge in [-0.1, -0.05) is 57.1 Å². The smallest absolute Gasteiger partial charge is 0.0234 e. The number of hydrogen-bond donors (Lipinski definition) is 0. The van der Waals surface area contributed by atoms with Gasteiger partial charge in [0.05, 0.1) is 0 Å². The van der Waals surface area contributed by atoms with Crippen LogP contribution < -0.4 is 0 Å². The third-order valence-electron chi connectivity index (χ3n) is 3.11. The summed E-state index contributed by atoms with van der Waals surface area (Å²) >= 11 is 0. The fourth-order valence-electron chi connectivity index (χ4n) is 2.31. The lowest BCUT2D eigenvalue weighted by Crippen LogP contribution is -1.98. The van der Waals surface area contributed by atoms with E-state index in [-0.39, 0.29) is 0 Å². The van der Waals surface area contributed by atoms with Gasteiger partial charge in [-0.3, -0.25) is 0 Å². The third kappa shape index (κ3) is 5.13. The van der Waals surface area contributed by atoms with Crippen LogP contribution in [0.1, 0.15) is 64.7 Å². The number of allylic oxidation sites excluding steroid dienone is 2. The maximum Gasteiger partial charge on any atom is -0.0234 e. The SMILES string of the molecule is CC=CC1CCCCCCCCC1. The van der Waals surface area contributed by atoms with Gasteiger partial charge >= 0.3 is 0 Å². The zero-order chi connectivity index (χ0) is 9.36. The zero-order valence-electron chi connectivity index (χ0n) is 9.10. The number of hydrogen-bond acceptors (Lipinski definition) is 0. The molecule has 0 amide bonds. The van der Waals surface area contributed by atoms with Crippen LogP contribution in [0.5, 0.6) is 0 Å². The average molecular weight is 180 g/mol. The van der Waals surface area contributed by atoms with Crippen LogP contribution in [-0.2, 0) is 0 Å². The summed E-state index contributed by atoms with van der Waals surface area (Å²) in [6, 6.07) is 0. The highest BCUT2D eigenvalue weighted by atomic mass is 14.1. The van der Waals surface area contributed by atoms with Crippen molar-refractivity contribution < 1.29 is 0 Å². The third-order valence-corrected chi connectivity index (χ3v) is 3.11. The molecule has 0 heteroatoms. The summed E-state index contributed by atoms with van der Waals surface area (Å²) in [7, 11) is 0. The van der Waals surface area contributed by atoms with Crippen molar-refractivity contribution in [1.29, 1.82) is 0 Å². The Hall–Kier alpha value is -0.260. The first-order valence-corrected chi connectivity index (χ1v) is 6.06. The molecule has 0 heterocycles. The van der Waals surface area contributed by atoms with Gasteiger partial charge in [0.2, 0.25) is 0 Å². The van der Waals surface area contributed by atoms with Crippen LogP contribution in [-0.4, -0.2) is 0 Å². The maximum atomic E-state index is 2.42. The Kier molecular flexibility index (Phi) is 5.97. The summed E-state index contributed by atoms with van der Waals surface area (Å²) in [5.41, 5.74) is 0. The lowest BCUT2D eigenvalue weighted by molar-refractivity contribution is 0.444. The van der Waals surface area contributed by atoms with Crippen molar-refractivity contribution in [3.05, 3.63) is 12.2 Å². The molecule has 1 rings (SSSR count). The van der Waals surface area contributed by atoms with E-state index in [1.807, 2.05) is 0 Å². The van der Waals surface area contributed by atoms with Crippen LogP contribution in [0.4, 0.5) is 0 Å². The second-order valence-corrected chi connectivity index (χ2v) is 4.34. The van der Waals surface area contributed by atoms with Crippen LogP contribution >= 0.6 is 0 Å². The van der Waals surface area contributed by atoms with Crippen molar-refractivity contribution in [3.63, 3.8) is 0 Å². The van der Waals surface area contributed by atoms with Crippen LogP contribution in [0, 0.1) is 5.92 Å². The van der Waals surface area contributed by atoms with E-state index in [1.54, 1.807) is 0 Å². The summed E-state index contributed by atoms with van der Waals surface area (Å²) in [6.07, 6.45) is 17.8. The van der Waals surface area contributed by atoms with Gasteiger partial charge in [-0.25, -0.2) is 0 Å². The molecule has 0 saturated heterocycles. The number of rotatable bonds is 1. The zero-order valence-corrected chi connectivity index (χ0v) is 9.10. The molecule has 1 aliphatic carbocycles. The molecule has 1 saturated carbocycles. The van der Waals surface area contributed by atoms with Crippen molar-refractivity contribution in [2.24, 2.45) is 5.92 Å². The van der Waals surface area contributed by atoms with E-state index in [2.05, 4.69) is 19.1 Å². The highest BCUT2D eigenvalue weighted by Gasteiger charge is 2.05. The van der Waals surface area contributed by atoms with Gasteiger partial charge in [-0.2, -0.15) is 0 Å². The summed E-state index contributed by atoms with van der Waals surface area (Å²) in [5.74, 6) is 0.892. The highest BCUT2D eigenvalue weighted by molar-refractivity contribution is 4.85. The molecule has 0 unspecified atom stereocenters. The lowest BCUT2D eigenvalue weighted by atomic mass is 9.92. The van der Waals surface area contributed by atoms with Gasteiger partial charge in [0.15, 0.2) is 0 Å². The standard InChI is InChI=1S/C13H24/c1-2-10-13-11-8-6-4-3-5-7-9-12-13/h2,10,13H,3-9,11-12H2,1H3. The van der Waals surface area contributed by atoms with Crippen LogP contribution in [0.2, 0.25) is 0 Å². The van der Waals surface area contributed by atoms with Crippen molar-refractivity contribution >= 4 is 0 Å². The monoisotopic (exact) mass is 180 g/mol. The van der Waals surface area contributed by atoms with Gasteiger partial charge in [-0.05, 0) is 25.7 Å². The van der Waals surface area contributed by atoms with E-state index >= 15 is 0 Å². The average Bonchev–Trinajstić information content (AvgIpc) is 2.16. The molecule has 0 radical (unpaired) electrons. The molecule has 0 nitrogen and oxygen atoms in total. The fourth-order valence-corrected chi connectivity index (χ4v) is 2.31. The molecule has 0 aliphatic heterocycles. The Morgan fingerprint density at radius 1 is 0.769 bits per heavy atom. The molecular weight excluding hydrogens is 156 g/mol. The summed E-state index contributed by atoms with van der Waals surface area (Å²) in [6.45, 7) is 2.15. The molecule has 0 spiro atoms. The lowest BCUT2D eigenvalue weighted by Gasteiger charge is -2.14. The van der Waals surface area contributed by atoms with Gasteiger partial charge in [0, 0.05) is 0 Å². The molecule has 0 aromatic carbocycles. The molecule has 76 valence electrons. The Morgan fingerprint density at radius 3 is 1.69 bits per heavy atom. The molecular formula is C13H24. The van der Waals surface area contributed by atoms with Crippen molar-refractivity contribution in [2.45, 2.75) is 64.7 Å². The van der Waals surface area contributed by atoms with Crippen LogP contribution in [0.15, 0.2) is 12.2 Å². The Labute approximate surface area is 83.4 Å². The normalized spacial score (nSPS) is 23.5. The summed E-state index contributed by atoms with van der Waals surface area (Å²) < 4.78 is 0. The predicted molar refractivity (Wildman–Crippen MR) is 59.9 cm³/mol. The largest absolute Gasteiger partial charge is 0.0914 e. The summed E-state index contributed by atoms with van der Waals surface area (Å²) in [5, 5.41) is 0. The molecule has 1 aliphatic rings. The molecule has 0 aromatic heterocycles. The van der Waals surface area contributed by atoms with E-state index < -0.39 is 0 Å². The molecule has 0 aromatic rings. The fraction of sp³-hybridized carbons (Fsp3) is 0.846. The quantitative estimate of drug-likeness (QED) is 0.513. The van der Waals surface area contributed by atoms with Gasteiger partial charge < -0.3 is 0 Å². The van der Waals surface area contributed by atoms with Crippen molar-refractivity contribution in [2.75, 3.05) is 0 Å². The summed E-state index contributed by atoms with van der Waals surface area (Å²) in [4.78, 5) is 0. The molecule has 0 atom stereocenters. The minimum atomic E-state index is 0.892. The molecule has 0 bridgehead atoms. The predicted octanol–water partition coefficient (Wildman–Crippen LogP) is 4.70. The maximum absolute atomic E-state index is 2.42. The van der Waals surface area contributed by atoms with E-state index in [0.717, 1.165) is 5.92 Å². The van der Waals surface area contributed by atoms with E-state index in [0.29, 0.717) is 0 Å². The van der Waals surface area contributed by atoms with Crippen molar-refractivity contribution in [3.8, 4) is 0 Å². The minimum Gasteiger partial charge on any atom is -0.0914 e. The first-order valence-electron chi connectivity index (χ1n) is 6.06. The Morgan fingerprint density at radius 2 is 1.23 bits per heavy atom. The van der Waals surface area contributed by atoms with Crippen LogP contribution in [0.3, 0.4) is 0 Å². The first kappa shape index (κ1) is 10.8. The molecule has 0 N–H and O–H groups in total. The highest BCUT2D eigenvalue weighted by Crippen LogP contribution is 2.22. The van der Waals surface area contributed by atoms with E-state index in [4.69, 9.17) is 0 Å².